The first-order valence-corrected chi connectivity index (χ1v) is 17.2. The molecule has 46 heavy (non-hydrogen) atoms. The molecular formula is C35H40N4O6S. The van der Waals surface area contributed by atoms with Gasteiger partial charge in [-0.05, 0) is 47.6 Å². The van der Waals surface area contributed by atoms with Gasteiger partial charge in [0.1, 0.15) is 13.2 Å². The summed E-state index contributed by atoms with van der Waals surface area (Å²) in [6.45, 7) is -0.124. The van der Waals surface area contributed by atoms with E-state index in [9.17, 15) is 22.8 Å². The number of alkyl carbamates (subject to hydrolysis) is 1. The van der Waals surface area contributed by atoms with E-state index in [4.69, 9.17) is 4.74 Å². The number of hydrogen-bond acceptors (Lipinski definition) is 6. The smallest absolute Gasteiger partial charge is 0.407 e. The van der Waals surface area contributed by atoms with Crippen molar-refractivity contribution in [2.24, 2.45) is 0 Å². The third-order valence-electron chi connectivity index (χ3n) is 8.32. The van der Waals surface area contributed by atoms with Gasteiger partial charge < -0.3 is 19.5 Å². The Morgan fingerprint density at radius 2 is 1.59 bits per heavy atom. The van der Waals surface area contributed by atoms with Crippen LogP contribution in [0.1, 0.15) is 59.5 Å². The summed E-state index contributed by atoms with van der Waals surface area (Å²) in [5.74, 6) is -1.11. The summed E-state index contributed by atoms with van der Waals surface area (Å²) in [7, 11) is -0.670. The molecule has 1 aromatic heterocycles. The topological polar surface area (TPSA) is 127 Å². The SMILES string of the molecule is CN(C)C(=O)Cn1c(-c2ccccc2)c(C2CCCCC2)c2ccc(C(=O)NS(=O)(=O)CCNC(=O)OCc3ccccc3)cc21. The molecular weight excluding hydrogens is 604 g/mol. The van der Waals surface area contributed by atoms with E-state index in [2.05, 4.69) is 10.0 Å². The summed E-state index contributed by atoms with van der Waals surface area (Å²) < 4.78 is 34.8. The Bertz CT molecular complexity index is 1800. The lowest BCUT2D eigenvalue weighted by Crippen LogP contribution is -2.37. The van der Waals surface area contributed by atoms with E-state index in [1.807, 2.05) is 59.2 Å². The van der Waals surface area contributed by atoms with Crippen molar-refractivity contribution < 1.29 is 27.5 Å². The number of carbonyl (C=O) groups excluding carboxylic acids is 3. The number of ether oxygens (including phenoxy) is 1. The van der Waals surface area contributed by atoms with Crippen LogP contribution < -0.4 is 10.0 Å². The van der Waals surface area contributed by atoms with E-state index in [-0.39, 0.29) is 31.2 Å². The van der Waals surface area contributed by atoms with E-state index in [0.29, 0.717) is 11.4 Å². The summed E-state index contributed by atoms with van der Waals surface area (Å²) in [5, 5.41) is 3.36. The van der Waals surface area contributed by atoms with Crippen molar-refractivity contribution in [3.05, 3.63) is 95.6 Å². The van der Waals surface area contributed by atoms with Crippen molar-refractivity contribution in [3.8, 4) is 11.3 Å². The van der Waals surface area contributed by atoms with Crippen LogP contribution in [0.2, 0.25) is 0 Å². The van der Waals surface area contributed by atoms with Gasteiger partial charge in [0.2, 0.25) is 15.9 Å². The Hall–Kier alpha value is -4.64. The lowest BCUT2D eigenvalue weighted by Gasteiger charge is -2.24. The highest BCUT2D eigenvalue weighted by atomic mass is 32.2. The summed E-state index contributed by atoms with van der Waals surface area (Å²) in [4.78, 5) is 39.9. The second-order valence-corrected chi connectivity index (χ2v) is 13.6. The molecule has 0 aliphatic heterocycles. The molecule has 1 aliphatic carbocycles. The molecule has 5 rings (SSSR count). The van der Waals surface area contributed by atoms with Crippen molar-refractivity contribution in [3.63, 3.8) is 0 Å². The maximum atomic E-state index is 13.3. The lowest BCUT2D eigenvalue weighted by atomic mass is 9.82. The molecule has 1 aliphatic rings. The van der Waals surface area contributed by atoms with Crippen molar-refractivity contribution in [1.29, 1.82) is 0 Å². The summed E-state index contributed by atoms with van der Waals surface area (Å²) in [6, 6.07) is 24.2. The molecule has 3 aromatic carbocycles. The van der Waals surface area contributed by atoms with E-state index < -0.39 is 27.8 Å². The number of benzene rings is 3. The van der Waals surface area contributed by atoms with E-state index in [0.717, 1.165) is 53.5 Å². The van der Waals surface area contributed by atoms with Crippen LogP contribution in [0.4, 0.5) is 4.79 Å². The van der Waals surface area contributed by atoms with Gasteiger partial charge >= 0.3 is 6.09 Å². The number of rotatable bonds is 11. The molecule has 4 aromatic rings. The van der Waals surface area contributed by atoms with E-state index in [1.165, 1.54) is 11.3 Å². The van der Waals surface area contributed by atoms with Crippen molar-refractivity contribution in [2.45, 2.75) is 51.2 Å². The summed E-state index contributed by atoms with van der Waals surface area (Å²) in [5.41, 5.74) is 4.74. The van der Waals surface area contributed by atoms with Crippen LogP contribution in [0.25, 0.3) is 22.2 Å². The maximum absolute atomic E-state index is 13.3. The average molecular weight is 645 g/mol. The van der Waals surface area contributed by atoms with Gasteiger partial charge in [-0.3, -0.25) is 9.59 Å². The van der Waals surface area contributed by atoms with Crippen molar-refractivity contribution in [2.75, 3.05) is 26.4 Å². The Morgan fingerprint density at radius 1 is 0.913 bits per heavy atom. The van der Waals surface area contributed by atoms with Crippen molar-refractivity contribution in [1.82, 2.24) is 19.5 Å². The molecule has 3 amide bonds. The van der Waals surface area contributed by atoms with Crippen LogP contribution in [-0.2, 0) is 32.7 Å². The zero-order valence-electron chi connectivity index (χ0n) is 26.2. The molecule has 1 fully saturated rings. The fourth-order valence-electron chi connectivity index (χ4n) is 5.98. The monoisotopic (exact) mass is 644 g/mol. The predicted octanol–water partition coefficient (Wildman–Crippen LogP) is 5.43. The minimum atomic E-state index is -4.09. The Labute approximate surface area is 269 Å². The molecule has 1 saturated carbocycles. The number of aromatic nitrogens is 1. The zero-order chi connectivity index (χ0) is 32.7. The number of fused-ring (bicyclic) bond motifs is 1. The molecule has 0 spiro atoms. The average Bonchev–Trinajstić information content (AvgIpc) is 3.37. The second-order valence-electron chi connectivity index (χ2n) is 11.8. The van der Waals surface area contributed by atoms with Crippen molar-refractivity contribution >= 4 is 38.8 Å². The van der Waals surface area contributed by atoms with Gasteiger partial charge in [-0.25, -0.2) is 17.9 Å². The molecule has 0 radical (unpaired) electrons. The molecule has 0 bridgehead atoms. The van der Waals surface area contributed by atoms with Gasteiger partial charge in [-0.1, -0.05) is 86.0 Å². The fraction of sp³-hybridized carbons (Fsp3) is 0.343. The minimum absolute atomic E-state index is 0.0505. The highest BCUT2D eigenvalue weighted by molar-refractivity contribution is 7.90. The van der Waals surface area contributed by atoms with E-state index in [1.54, 1.807) is 38.4 Å². The first-order chi connectivity index (χ1) is 22.1. The molecule has 10 nitrogen and oxygen atoms in total. The predicted molar refractivity (Wildman–Crippen MR) is 178 cm³/mol. The van der Waals surface area contributed by atoms with Crippen LogP contribution in [0.3, 0.4) is 0 Å². The molecule has 1 heterocycles. The van der Waals surface area contributed by atoms with Gasteiger partial charge in [0.05, 0.1) is 17.0 Å². The number of amides is 3. The number of nitrogens with zero attached hydrogens (tertiary/aromatic N) is 2. The van der Waals surface area contributed by atoms with Gasteiger partial charge in [0, 0.05) is 31.6 Å². The number of carbonyl (C=O) groups is 3. The van der Waals surface area contributed by atoms with Gasteiger partial charge in [0.15, 0.2) is 0 Å². The summed E-state index contributed by atoms with van der Waals surface area (Å²) >= 11 is 0. The third-order valence-corrected chi connectivity index (χ3v) is 9.56. The lowest BCUT2D eigenvalue weighted by molar-refractivity contribution is -0.129. The van der Waals surface area contributed by atoms with Crippen LogP contribution in [0, 0.1) is 0 Å². The molecule has 0 atom stereocenters. The van der Waals surface area contributed by atoms with E-state index >= 15 is 0 Å². The first-order valence-electron chi connectivity index (χ1n) is 15.5. The quantitative estimate of drug-likeness (QED) is 0.224. The Balaban J connectivity index is 1.38. The van der Waals surface area contributed by atoms with Gasteiger partial charge in [-0.2, -0.15) is 0 Å². The molecule has 0 unspecified atom stereocenters. The maximum Gasteiger partial charge on any atom is 0.407 e. The minimum Gasteiger partial charge on any atom is -0.445 e. The fourth-order valence-corrected chi connectivity index (χ4v) is 6.86. The zero-order valence-corrected chi connectivity index (χ0v) is 27.0. The molecule has 242 valence electrons. The standard InChI is InChI=1S/C35H40N4O6S/c1-38(2)31(40)23-39-30-22-28(34(41)37-46(43,44)21-20-36-35(42)45-24-25-12-6-3-7-13-25)18-19-29(30)32(26-14-8-4-9-15-26)33(39)27-16-10-5-11-17-27/h3,5-7,10-13,16-19,22,26H,4,8-9,14-15,20-21,23-24H2,1-2H3,(H,36,42)(H,37,41). The van der Waals surface area contributed by atoms with Crippen LogP contribution in [-0.4, -0.2) is 62.2 Å². The normalized spacial score (nSPS) is 13.7. The highest BCUT2D eigenvalue weighted by Crippen LogP contribution is 2.44. The third kappa shape index (κ3) is 7.95. The largest absolute Gasteiger partial charge is 0.445 e. The molecule has 11 heteroatoms. The van der Waals surface area contributed by atoms with Gasteiger partial charge in [-0.15, -0.1) is 0 Å². The van der Waals surface area contributed by atoms with Gasteiger partial charge in [0.25, 0.3) is 5.91 Å². The second kappa shape index (κ2) is 14.6. The van der Waals surface area contributed by atoms with Crippen LogP contribution >= 0.6 is 0 Å². The number of nitrogens with one attached hydrogen (secondary N) is 2. The molecule has 0 saturated heterocycles. The number of hydrogen-bond donors (Lipinski definition) is 2. The number of sulfonamides is 1. The highest BCUT2D eigenvalue weighted by Gasteiger charge is 2.28. The first kappa shape index (κ1) is 32.7. The van der Waals surface area contributed by atoms with Crippen LogP contribution in [0.5, 0.6) is 0 Å². The summed E-state index contributed by atoms with van der Waals surface area (Å²) in [6.07, 6.45) is 4.76. The van der Waals surface area contributed by atoms with Crippen LogP contribution in [0.15, 0.2) is 78.9 Å². The Morgan fingerprint density at radius 3 is 2.26 bits per heavy atom. The molecule has 2 N–H and O–H groups in total. The Kier molecular flexibility index (Phi) is 10.4. The number of likely N-dealkylation sites (N-methyl/N-ethyl adjacent to an activating group) is 1.